The summed E-state index contributed by atoms with van der Waals surface area (Å²) in [6, 6.07) is 5.88. The van der Waals surface area contributed by atoms with Gasteiger partial charge in [0, 0.05) is 11.6 Å². The summed E-state index contributed by atoms with van der Waals surface area (Å²) in [4.78, 5) is 14.8. The van der Waals surface area contributed by atoms with Crippen LogP contribution in [-0.2, 0) is 0 Å². The minimum Gasteiger partial charge on any atom is -0.395 e. The fourth-order valence-electron chi connectivity index (χ4n) is 3.02. The molecule has 0 spiro atoms. The third kappa shape index (κ3) is 3.10. The summed E-state index contributed by atoms with van der Waals surface area (Å²) in [5.41, 5.74) is 3.14. The number of Topliss-reactive ketones (excluding diaryl/α,β-unsaturated/α-hetero) is 1. The molecule has 1 aromatic rings. The minimum atomic E-state index is -0.158. The van der Waals surface area contributed by atoms with Gasteiger partial charge in [-0.15, -0.1) is 0 Å². The van der Waals surface area contributed by atoms with E-state index in [4.69, 9.17) is 0 Å². The maximum absolute atomic E-state index is 12.6. The zero-order valence-corrected chi connectivity index (χ0v) is 12.7. The van der Waals surface area contributed by atoms with Crippen molar-refractivity contribution in [3.05, 3.63) is 34.9 Å². The summed E-state index contributed by atoms with van der Waals surface area (Å²) in [5, 5.41) is 9.49. The van der Waals surface area contributed by atoms with Crippen LogP contribution in [0, 0.1) is 13.8 Å². The van der Waals surface area contributed by atoms with Crippen LogP contribution < -0.4 is 0 Å². The van der Waals surface area contributed by atoms with Crippen molar-refractivity contribution in [2.24, 2.45) is 0 Å². The number of ketones is 1. The second kappa shape index (κ2) is 6.51. The van der Waals surface area contributed by atoms with E-state index < -0.39 is 0 Å². The first-order chi connectivity index (χ1) is 9.54. The lowest BCUT2D eigenvalue weighted by Crippen LogP contribution is -2.49. The molecule has 2 rings (SSSR count). The van der Waals surface area contributed by atoms with Gasteiger partial charge in [-0.05, 0) is 57.4 Å². The summed E-state index contributed by atoms with van der Waals surface area (Å²) < 4.78 is 0. The highest BCUT2D eigenvalue weighted by Crippen LogP contribution is 2.22. The number of likely N-dealkylation sites (tertiary alicyclic amines) is 1. The number of carbonyl (C=O) groups excluding carboxylic acids is 1. The predicted molar refractivity (Wildman–Crippen MR) is 81.1 cm³/mol. The molecule has 110 valence electrons. The summed E-state index contributed by atoms with van der Waals surface area (Å²) >= 11 is 0. The molecule has 0 radical (unpaired) electrons. The monoisotopic (exact) mass is 275 g/mol. The summed E-state index contributed by atoms with van der Waals surface area (Å²) in [5.74, 6) is 0.161. The number of hydrogen-bond acceptors (Lipinski definition) is 3. The number of benzene rings is 1. The van der Waals surface area contributed by atoms with Crippen LogP contribution in [0.4, 0.5) is 0 Å². The molecule has 1 aromatic carbocycles. The molecule has 1 saturated heterocycles. The smallest absolute Gasteiger partial charge is 0.179 e. The van der Waals surface area contributed by atoms with Gasteiger partial charge in [-0.1, -0.05) is 18.6 Å². The third-order valence-corrected chi connectivity index (χ3v) is 4.55. The Kier molecular flexibility index (Phi) is 4.95. The van der Waals surface area contributed by atoms with Crippen LogP contribution in [0.15, 0.2) is 18.2 Å². The van der Waals surface area contributed by atoms with E-state index in [9.17, 15) is 9.90 Å². The molecule has 2 atom stereocenters. The van der Waals surface area contributed by atoms with Crippen LogP contribution >= 0.6 is 0 Å². The molecule has 0 bridgehead atoms. The molecule has 0 aliphatic carbocycles. The van der Waals surface area contributed by atoms with E-state index in [1.807, 2.05) is 32.0 Å². The molecular weight excluding hydrogens is 250 g/mol. The second-order valence-electron chi connectivity index (χ2n) is 5.91. The molecule has 3 heteroatoms. The number of piperidine rings is 1. The molecular formula is C17H25NO2. The number of aliphatic hydroxyl groups excluding tert-OH is 1. The third-order valence-electron chi connectivity index (χ3n) is 4.55. The van der Waals surface area contributed by atoms with Gasteiger partial charge < -0.3 is 5.11 Å². The highest BCUT2D eigenvalue weighted by molar-refractivity contribution is 6.00. The Hall–Kier alpha value is -1.19. The second-order valence-corrected chi connectivity index (χ2v) is 5.91. The van der Waals surface area contributed by atoms with Crippen LogP contribution in [0.25, 0.3) is 0 Å². The van der Waals surface area contributed by atoms with Crippen molar-refractivity contribution < 1.29 is 9.90 Å². The zero-order chi connectivity index (χ0) is 14.7. The first-order valence-electron chi connectivity index (χ1n) is 7.52. The quantitative estimate of drug-likeness (QED) is 0.859. The maximum atomic E-state index is 12.6. The molecule has 1 aliphatic rings. The Morgan fingerprint density at radius 1 is 1.35 bits per heavy atom. The molecule has 1 aliphatic heterocycles. The minimum absolute atomic E-state index is 0.134. The number of rotatable bonds is 4. The molecule has 0 saturated carbocycles. The van der Waals surface area contributed by atoms with Gasteiger partial charge in [-0.2, -0.15) is 0 Å². The normalized spacial score (nSPS) is 21.7. The highest BCUT2D eigenvalue weighted by Gasteiger charge is 2.30. The molecule has 1 N–H and O–H groups in total. The molecule has 2 unspecified atom stereocenters. The molecule has 1 heterocycles. The van der Waals surface area contributed by atoms with Crippen molar-refractivity contribution in [1.29, 1.82) is 0 Å². The van der Waals surface area contributed by atoms with E-state index in [0.29, 0.717) is 0 Å². The topological polar surface area (TPSA) is 40.5 Å². The van der Waals surface area contributed by atoms with Crippen molar-refractivity contribution in [2.75, 3.05) is 13.2 Å². The lowest BCUT2D eigenvalue weighted by molar-refractivity contribution is 0.0491. The van der Waals surface area contributed by atoms with Gasteiger partial charge in [0.2, 0.25) is 0 Å². The lowest BCUT2D eigenvalue weighted by Gasteiger charge is -2.38. The molecule has 20 heavy (non-hydrogen) atoms. The van der Waals surface area contributed by atoms with E-state index in [1.54, 1.807) is 0 Å². The van der Waals surface area contributed by atoms with Gasteiger partial charge >= 0.3 is 0 Å². The van der Waals surface area contributed by atoms with Gasteiger partial charge in [0.05, 0.1) is 12.6 Å². The van der Waals surface area contributed by atoms with E-state index in [-0.39, 0.29) is 24.5 Å². The van der Waals surface area contributed by atoms with Crippen LogP contribution in [0.1, 0.15) is 47.7 Å². The predicted octanol–water partition coefficient (Wildman–Crippen LogP) is 2.72. The van der Waals surface area contributed by atoms with Crippen LogP contribution in [0.5, 0.6) is 0 Å². The summed E-state index contributed by atoms with van der Waals surface area (Å²) in [6.45, 7) is 7.10. The number of carbonyl (C=O) groups is 1. The molecule has 1 fully saturated rings. The molecule has 0 amide bonds. The van der Waals surface area contributed by atoms with Gasteiger partial charge in [0.1, 0.15) is 0 Å². The van der Waals surface area contributed by atoms with Gasteiger partial charge in [-0.25, -0.2) is 0 Å². The van der Waals surface area contributed by atoms with Crippen molar-refractivity contribution in [3.63, 3.8) is 0 Å². The summed E-state index contributed by atoms with van der Waals surface area (Å²) in [7, 11) is 0. The Bertz CT molecular complexity index is 484. The van der Waals surface area contributed by atoms with E-state index in [2.05, 4.69) is 11.8 Å². The fourth-order valence-corrected chi connectivity index (χ4v) is 3.02. The zero-order valence-electron chi connectivity index (χ0n) is 12.7. The fraction of sp³-hybridized carbons (Fsp3) is 0.588. The molecule has 3 nitrogen and oxygen atoms in total. The van der Waals surface area contributed by atoms with Crippen LogP contribution in [0.2, 0.25) is 0 Å². The van der Waals surface area contributed by atoms with Crippen molar-refractivity contribution >= 4 is 5.78 Å². The first kappa shape index (κ1) is 15.2. The van der Waals surface area contributed by atoms with Crippen LogP contribution in [0.3, 0.4) is 0 Å². The lowest BCUT2D eigenvalue weighted by atomic mass is 9.95. The van der Waals surface area contributed by atoms with E-state index >= 15 is 0 Å². The number of aliphatic hydroxyl groups is 1. The standard InChI is InChI=1S/C17H25NO2/c1-12-7-8-15(10-13(12)2)17(20)14(3)18-9-5-4-6-16(18)11-19/h7-8,10,14,16,19H,4-6,9,11H2,1-3H3. The highest BCUT2D eigenvalue weighted by atomic mass is 16.3. The molecule has 0 aromatic heterocycles. The van der Waals surface area contributed by atoms with Crippen molar-refractivity contribution in [2.45, 2.75) is 52.1 Å². The van der Waals surface area contributed by atoms with Crippen molar-refractivity contribution in [3.8, 4) is 0 Å². The largest absolute Gasteiger partial charge is 0.395 e. The van der Waals surface area contributed by atoms with Gasteiger partial charge in [-0.3, -0.25) is 9.69 Å². The Morgan fingerprint density at radius 3 is 2.75 bits per heavy atom. The van der Waals surface area contributed by atoms with Gasteiger partial charge in [0.15, 0.2) is 5.78 Å². The summed E-state index contributed by atoms with van der Waals surface area (Å²) in [6.07, 6.45) is 3.24. The average Bonchev–Trinajstić information content (AvgIpc) is 2.48. The Labute approximate surface area is 121 Å². The Balaban J connectivity index is 2.16. The van der Waals surface area contributed by atoms with E-state index in [1.165, 1.54) is 5.56 Å². The van der Waals surface area contributed by atoms with Crippen molar-refractivity contribution in [1.82, 2.24) is 4.90 Å². The van der Waals surface area contributed by atoms with Gasteiger partial charge in [0.25, 0.3) is 0 Å². The SMILES string of the molecule is Cc1ccc(C(=O)C(C)N2CCCCC2CO)cc1C. The number of aryl methyl sites for hydroxylation is 2. The average molecular weight is 275 g/mol. The number of nitrogens with zero attached hydrogens (tertiary/aromatic N) is 1. The van der Waals surface area contributed by atoms with E-state index in [0.717, 1.165) is 36.9 Å². The number of hydrogen-bond donors (Lipinski definition) is 1. The first-order valence-corrected chi connectivity index (χ1v) is 7.52. The maximum Gasteiger partial charge on any atom is 0.179 e. The van der Waals surface area contributed by atoms with Crippen LogP contribution in [-0.4, -0.2) is 41.0 Å². The Morgan fingerprint density at radius 2 is 2.10 bits per heavy atom.